The van der Waals surface area contributed by atoms with Crippen LogP contribution in [0.4, 0.5) is 0 Å². The molecule has 1 aromatic heterocycles. The highest BCUT2D eigenvalue weighted by molar-refractivity contribution is 5.93. The number of ether oxygens (including phenoxy) is 1. The van der Waals surface area contributed by atoms with Crippen LogP contribution in [0, 0.1) is 0 Å². The number of nitrogens with one attached hydrogen (secondary N) is 2. The molecule has 0 aliphatic carbocycles. The van der Waals surface area contributed by atoms with Gasteiger partial charge in [-0.05, 0) is 24.0 Å². The lowest BCUT2D eigenvalue weighted by atomic mass is 9.84. The van der Waals surface area contributed by atoms with Crippen molar-refractivity contribution < 1.29 is 9.53 Å². The van der Waals surface area contributed by atoms with Gasteiger partial charge in [0.15, 0.2) is 0 Å². The lowest BCUT2D eigenvalue weighted by Gasteiger charge is -2.38. The summed E-state index contributed by atoms with van der Waals surface area (Å²) in [4.78, 5) is 38.3. The first kappa shape index (κ1) is 17.2. The number of amides is 1. The van der Waals surface area contributed by atoms with Crippen molar-refractivity contribution in [1.29, 1.82) is 0 Å². The first-order valence-electron chi connectivity index (χ1n) is 8.28. The Morgan fingerprint density at radius 3 is 2.88 bits per heavy atom. The Bertz CT molecular complexity index is 915. The summed E-state index contributed by atoms with van der Waals surface area (Å²) in [6, 6.07) is 8.04. The molecule has 1 aliphatic rings. The topological polar surface area (TPSA) is 93.2 Å². The third kappa shape index (κ3) is 3.02. The summed E-state index contributed by atoms with van der Waals surface area (Å²) in [5.74, 6) is -0.531. The summed E-state index contributed by atoms with van der Waals surface area (Å²) in [7, 11) is 1.33. The molecule has 7 nitrogen and oxygen atoms in total. The molecule has 0 saturated heterocycles. The van der Waals surface area contributed by atoms with Crippen molar-refractivity contribution in [1.82, 2.24) is 14.9 Å². The molecule has 132 valence electrons. The number of carbonyl (C=O) groups excluding carboxylic acids is 1. The van der Waals surface area contributed by atoms with Gasteiger partial charge in [-0.15, -0.1) is 0 Å². The summed E-state index contributed by atoms with van der Waals surface area (Å²) in [5, 5.41) is 2.79. The molecular weight excluding hydrogens is 322 g/mol. The molecule has 0 radical (unpaired) electrons. The zero-order valence-corrected chi connectivity index (χ0v) is 14.3. The summed E-state index contributed by atoms with van der Waals surface area (Å²) < 4.78 is 6.92. The Morgan fingerprint density at radius 2 is 2.12 bits per heavy atom. The maximum Gasteiger partial charge on any atom is 0.328 e. The van der Waals surface area contributed by atoms with E-state index in [2.05, 4.69) is 16.4 Å². The quantitative estimate of drug-likeness (QED) is 0.854. The molecule has 1 aliphatic heterocycles. The van der Waals surface area contributed by atoms with Gasteiger partial charge in [0.05, 0.1) is 13.2 Å². The number of nitrogens with zero attached hydrogens (tertiary/aromatic N) is 1. The molecule has 2 N–H and O–H groups in total. The Morgan fingerprint density at radius 1 is 1.36 bits per heavy atom. The lowest BCUT2D eigenvalue weighted by Crippen LogP contribution is -2.47. The van der Waals surface area contributed by atoms with Crippen molar-refractivity contribution in [3.63, 3.8) is 0 Å². The molecule has 0 saturated carbocycles. The van der Waals surface area contributed by atoms with Crippen LogP contribution in [0.2, 0.25) is 0 Å². The summed E-state index contributed by atoms with van der Waals surface area (Å²) in [6.45, 7) is 2.84. The van der Waals surface area contributed by atoms with Crippen LogP contribution in [0.5, 0.6) is 0 Å². The fourth-order valence-corrected chi connectivity index (χ4v) is 3.23. The zero-order valence-electron chi connectivity index (χ0n) is 14.3. The smallest absolute Gasteiger partial charge is 0.328 e. The summed E-state index contributed by atoms with van der Waals surface area (Å²) in [6.07, 6.45) is 2.68. The van der Waals surface area contributed by atoms with Crippen molar-refractivity contribution in [3.05, 3.63) is 68.0 Å². The largest absolute Gasteiger partial charge is 0.368 e. The maximum absolute atomic E-state index is 12.4. The van der Waals surface area contributed by atoms with Crippen molar-refractivity contribution in [2.75, 3.05) is 13.2 Å². The first-order valence-corrected chi connectivity index (χ1v) is 8.28. The first-order chi connectivity index (χ1) is 12.0. The second-order valence-corrected chi connectivity index (χ2v) is 6.16. The standard InChI is InChI=1S/C18H21N3O4/c1-3-18(14-7-5-4-6-12(14)8-9-25-18)11-20-15(22)13-10-19-17(24)21(2)16(13)23/h4-7,10H,3,8-9,11H2,1-2H3,(H,19,24)(H,20,22). The van der Waals surface area contributed by atoms with E-state index in [9.17, 15) is 14.4 Å². The van der Waals surface area contributed by atoms with Gasteiger partial charge in [0, 0.05) is 13.2 Å². The molecule has 2 aromatic rings. The molecule has 1 aromatic carbocycles. The van der Waals surface area contributed by atoms with Crippen LogP contribution in [0.3, 0.4) is 0 Å². The Kier molecular flexibility index (Phi) is 4.59. The van der Waals surface area contributed by atoms with Gasteiger partial charge in [-0.1, -0.05) is 31.2 Å². The van der Waals surface area contributed by atoms with E-state index in [-0.39, 0.29) is 12.1 Å². The summed E-state index contributed by atoms with van der Waals surface area (Å²) >= 11 is 0. The fraction of sp³-hybridized carbons (Fsp3) is 0.389. The van der Waals surface area contributed by atoms with Gasteiger partial charge in [-0.3, -0.25) is 14.2 Å². The van der Waals surface area contributed by atoms with Gasteiger partial charge in [-0.25, -0.2) is 4.79 Å². The fourth-order valence-electron chi connectivity index (χ4n) is 3.23. The number of fused-ring (bicyclic) bond motifs is 1. The predicted molar refractivity (Wildman–Crippen MR) is 92.7 cm³/mol. The lowest BCUT2D eigenvalue weighted by molar-refractivity contribution is -0.0606. The van der Waals surface area contributed by atoms with Gasteiger partial charge in [0.2, 0.25) is 0 Å². The number of benzene rings is 1. The van der Waals surface area contributed by atoms with Crippen molar-refractivity contribution >= 4 is 5.91 Å². The molecule has 1 unspecified atom stereocenters. The molecule has 2 heterocycles. The molecule has 0 spiro atoms. The number of aromatic amines is 1. The average Bonchev–Trinajstić information content (AvgIpc) is 2.64. The number of hydrogen-bond donors (Lipinski definition) is 2. The second kappa shape index (κ2) is 6.68. The van der Waals surface area contributed by atoms with Crippen LogP contribution in [0.25, 0.3) is 0 Å². The monoisotopic (exact) mass is 343 g/mol. The number of aromatic nitrogens is 2. The third-order valence-electron chi connectivity index (χ3n) is 4.79. The average molecular weight is 343 g/mol. The molecule has 25 heavy (non-hydrogen) atoms. The van der Waals surface area contributed by atoms with E-state index in [0.29, 0.717) is 13.0 Å². The van der Waals surface area contributed by atoms with Crippen molar-refractivity contribution in [2.45, 2.75) is 25.4 Å². The zero-order chi connectivity index (χ0) is 18.0. The van der Waals surface area contributed by atoms with Crippen LogP contribution in [-0.2, 0) is 23.8 Å². The minimum atomic E-state index is -0.628. The van der Waals surface area contributed by atoms with E-state index in [4.69, 9.17) is 4.74 Å². The summed E-state index contributed by atoms with van der Waals surface area (Å²) in [5.41, 5.74) is 0.381. The van der Waals surface area contributed by atoms with Crippen LogP contribution in [-0.4, -0.2) is 28.6 Å². The number of H-pyrrole nitrogens is 1. The normalized spacial score (nSPS) is 19.3. The van der Waals surface area contributed by atoms with Crippen LogP contribution >= 0.6 is 0 Å². The van der Waals surface area contributed by atoms with Crippen molar-refractivity contribution in [3.8, 4) is 0 Å². The van der Waals surface area contributed by atoms with E-state index in [1.165, 1.54) is 12.6 Å². The third-order valence-corrected chi connectivity index (χ3v) is 4.79. The molecule has 1 amide bonds. The van der Waals surface area contributed by atoms with Gasteiger partial charge < -0.3 is 15.0 Å². The van der Waals surface area contributed by atoms with Gasteiger partial charge >= 0.3 is 5.69 Å². The molecule has 7 heteroatoms. The minimum Gasteiger partial charge on any atom is -0.368 e. The SMILES string of the molecule is CCC1(CNC(=O)c2c[nH]c(=O)n(C)c2=O)OCCc2ccccc21. The van der Waals surface area contributed by atoms with Crippen LogP contribution in [0.15, 0.2) is 40.1 Å². The number of carbonyl (C=O) groups is 1. The van der Waals surface area contributed by atoms with Crippen LogP contribution in [0.1, 0.15) is 34.8 Å². The van der Waals surface area contributed by atoms with Crippen molar-refractivity contribution in [2.24, 2.45) is 7.05 Å². The Hall–Kier alpha value is -2.67. The van der Waals surface area contributed by atoms with E-state index >= 15 is 0 Å². The highest BCUT2D eigenvalue weighted by atomic mass is 16.5. The molecule has 0 bridgehead atoms. The van der Waals surface area contributed by atoms with Gasteiger partial charge in [0.25, 0.3) is 11.5 Å². The highest BCUT2D eigenvalue weighted by Crippen LogP contribution is 2.35. The maximum atomic E-state index is 12.4. The van der Waals surface area contributed by atoms with E-state index in [1.54, 1.807) is 0 Å². The van der Waals surface area contributed by atoms with Crippen LogP contribution < -0.4 is 16.6 Å². The molecule has 3 rings (SSSR count). The van der Waals surface area contributed by atoms with Gasteiger partial charge in [-0.2, -0.15) is 0 Å². The number of rotatable bonds is 4. The predicted octanol–water partition coefficient (Wildman–Crippen LogP) is 0.682. The Balaban J connectivity index is 1.86. The molecular formula is C18H21N3O4. The highest BCUT2D eigenvalue weighted by Gasteiger charge is 2.36. The number of hydrogen-bond acceptors (Lipinski definition) is 4. The molecule has 0 fully saturated rings. The van der Waals surface area contributed by atoms with E-state index < -0.39 is 22.8 Å². The van der Waals surface area contributed by atoms with E-state index in [0.717, 1.165) is 22.7 Å². The van der Waals surface area contributed by atoms with E-state index in [1.807, 2.05) is 25.1 Å². The Labute approximate surface area is 144 Å². The minimum absolute atomic E-state index is 0.0996. The second-order valence-electron chi connectivity index (χ2n) is 6.16. The van der Waals surface area contributed by atoms with Gasteiger partial charge in [0.1, 0.15) is 11.2 Å². The molecule has 1 atom stereocenters.